The van der Waals surface area contributed by atoms with E-state index in [0.29, 0.717) is 0 Å². The topological polar surface area (TPSA) is 84.9 Å². The Morgan fingerprint density at radius 2 is 2.00 bits per heavy atom. The summed E-state index contributed by atoms with van der Waals surface area (Å²) in [5, 5.41) is 10.8. The van der Waals surface area contributed by atoms with E-state index in [-0.39, 0.29) is 13.2 Å². The summed E-state index contributed by atoms with van der Waals surface area (Å²) < 4.78 is 9.68. The number of aliphatic carboxylic acids is 1. The third-order valence-corrected chi connectivity index (χ3v) is 2.02. The lowest BCUT2D eigenvalue weighted by Crippen LogP contribution is -2.43. The lowest BCUT2D eigenvalue weighted by Gasteiger charge is -2.14. The van der Waals surface area contributed by atoms with Crippen LogP contribution in [0.2, 0.25) is 0 Å². The van der Waals surface area contributed by atoms with E-state index < -0.39 is 18.3 Å². The molecule has 1 aromatic carbocycles. The van der Waals surface area contributed by atoms with Gasteiger partial charge < -0.3 is 14.6 Å². The molecule has 0 radical (unpaired) electrons. The number of ether oxygens (including phenoxy) is 2. The standard InChI is InChI=1S/C12H15NO5/c1-2-17-10(11(14)15)13-12(16)18-8-9-6-4-3-5-7-9/h3-7,10H,2,8H2,1H3,(H,13,16)(H,14,15)/t10-/m1/s1. The second-order valence-corrected chi connectivity index (χ2v) is 3.38. The first-order valence-electron chi connectivity index (χ1n) is 5.45. The predicted molar refractivity (Wildman–Crippen MR) is 62.8 cm³/mol. The van der Waals surface area contributed by atoms with E-state index in [0.717, 1.165) is 5.56 Å². The second-order valence-electron chi connectivity index (χ2n) is 3.38. The molecule has 0 spiro atoms. The minimum absolute atomic E-state index is 0.0745. The molecule has 0 saturated carbocycles. The maximum atomic E-state index is 11.3. The van der Waals surface area contributed by atoms with Crippen LogP contribution < -0.4 is 5.32 Å². The van der Waals surface area contributed by atoms with Crippen molar-refractivity contribution in [3.8, 4) is 0 Å². The van der Waals surface area contributed by atoms with E-state index in [1.54, 1.807) is 19.1 Å². The Labute approximate surface area is 105 Å². The average Bonchev–Trinajstić information content (AvgIpc) is 2.37. The molecule has 6 nitrogen and oxygen atoms in total. The van der Waals surface area contributed by atoms with Crippen LogP contribution in [0.15, 0.2) is 30.3 Å². The first-order valence-corrected chi connectivity index (χ1v) is 5.45. The lowest BCUT2D eigenvalue weighted by molar-refractivity contribution is -0.151. The largest absolute Gasteiger partial charge is 0.478 e. The number of carboxylic acid groups (broad SMARTS) is 1. The van der Waals surface area contributed by atoms with Crippen LogP contribution in [-0.4, -0.2) is 30.0 Å². The van der Waals surface area contributed by atoms with Crippen molar-refractivity contribution in [2.75, 3.05) is 6.61 Å². The molecule has 98 valence electrons. The van der Waals surface area contributed by atoms with Gasteiger partial charge in [0, 0.05) is 6.61 Å². The van der Waals surface area contributed by atoms with Crippen LogP contribution >= 0.6 is 0 Å². The first kappa shape index (κ1) is 14.0. The first-order chi connectivity index (χ1) is 8.63. The zero-order valence-corrected chi connectivity index (χ0v) is 9.96. The monoisotopic (exact) mass is 253 g/mol. The fourth-order valence-corrected chi connectivity index (χ4v) is 1.21. The molecule has 0 bridgehead atoms. The molecular formula is C12H15NO5. The Morgan fingerprint density at radius 1 is 1.33 bits per heavy atom. The molecule has 0 aliphatic carbocycles. The van der Waals surface area contributed by atoms with Gasteiger partial charge in [-0.15, -0.1) is 0 Å². The number of benzene rings is 1. The molecule has 1 aromatic rings. The third-order valence-electron chi connectivity index (χ3n) is 2.02. The SMILES string of the molecule is CCO[C@@H](NC(=O)OCc1ccccc1)C(=O)O. The Bertz CT molecular complexity index is 393. The highest BCUT2D eigenvalue weighted by molar-refractivity contribution is 5.78. The smallest absolute Gasteiger partial charge is 0.409 e. The van der Waals surface area contributed by atoms with Gasteiger partial charge in [-0.3, -0.25) is 5.32 Å². The normalized spacial score (nSPS) is 11.6. The molecule has 0 aromatic heterocycles. The van der Waals surface area contributed by atoms with E-state index in [4.69, 9.17) is 14.6 Å². The Balaban J connectivity index is 2.39. The van der Waals surface area contributed by atoms with E-state index in [2.05, 4.69) is 5.32 Å². The van der Waals surface area contributed by atoms with E-state index in [9.17, 15) is 9.59 Å². The summed E-state index contributed by atoms with van der Waals surface area (Å²) in [7, 11) is 0. The molecule has 1 atom stereocenters. The number of rotatable bonds is 6. The number of nitrogens with one attached hydrogen (secondary N) is 1. The van der Waals surface area contributed by atoms with Gasteiger partial charge in [0.2, 0.25) is 6.23 Å². The number of hydrogen-bond donors (Lipinski definition) is 2. The van der Waals surface area contributed by atoms with Crippen LogP contribution in [0.1, 0.15) is 12.5 Å². The molecule has 1 amide bonds. The van der Waals surface area contributed by atoms with Crippen LogP contribution in [0.3, 0.4) is 0 Å². The van der Waals surface area contributed by atoms with Crippen molar-refractivity contribution < 1.29 is 24.2 Å². The van der Waals surface area contributed by atoms with Gasteiger partial charge in [0.15, 0.2) is 0 Å². The van der Waals surface area contributed by atoms with Crippen molar-refractivity contribution in [2.45, 2.75) is 19.8 Å². The zero-order valence-electron chi connectivity index (χ0n) is 9.96. The summed E-state index contributed by atoms with van der Waals surface area (Å²) >= 11 is 0. The molecule has 18 heavy (non-hydrogen) atoms. The highest BCUT2D eigenvalue weighted by Gasteiger charge is 2.20. The summed E-state index contributed by atoms with van der Waals surface area (Å²) in [5.74, 6) is -1.27. The molecule has 0 unspecified atom stereocenters. The summed E-state index contributed by atoms with van der Waals surface area (Å²) in [4.78, 5) is 22.0. The molecule has 0 aliphatic rings. The Hall–Kier alpha value is -2.08. The maximum Gasteiger partial charge on any atom is 0.409 e. The number of carboxylic acids is 1. The second kappa shape index (κ2) is 7.29. The van der Waals surface area contributed by atoms with Crippen LogP contribution in [0.4, 0.5) is 4.79 Å². The number of hydrogen-bond acceptors (Lipinski definition) is 4. The lowest BCUT2D eigenvalue weighted by atomic mass is 10.2. The summed E-state index contributed by atoms with van der Waals surface area (Å²) in [5.41, 5.74) is 0.816. The van der Waals surface area contributed by atoms with Gasteiger partial charge in [0.1, 0.15) is 6.61 Å². The molecule has 0 heterocycles. The number of carbonyl (C=O) groups is 2. The van der Waals surface area contributed by atoms with Crippen molar-refractivity contribution in [3.05, 3.63) is 35.9 Å². The summed E-state index contributed by atoms with van der Waals surface area (Å²) in [6, 6.07) is 9.07. The van der Waals surface area contributed by atoms with Crippen molar-refractivity contribution in [1.82, 2.24) is 5.32 Å². The van der Waals surface area contributed by atoms with E-state index >= 15 is 0 Å². The van der Waals surface area contributed by atoms with Crippen LogP contribution in [0.25, 0.3) is 0 Å². The molecule has 0 aliphatic heterocycles. The van der Waals surface area contributed by atoms with Crippen molar-refractivity contribution >= 4 is 12.1 Å². The summed E-state index contributed by atoms with van der Waals surface area (Å²) in [6.45, 7) is 1.88. The fraction of sp³-hybridized carbons (Fsp3) is 0.333. The zero-order chi connectivity index (χ0) is 13.4. The van der Waals surface area contributed by atoms with Crippen molar-refractivity contribution in [2.24, 2.45) is 0 Å². The van der Waals surface area contributed by atoms with Crippen molar-refractivity contribution in [3.63, 3.8) is 0 Å². The van der Waals surface area contributed by atoms with Gasteiger partial charge >= 0.3 is 12.1 Å². The highest BCUT2D eigenvalue weighted by Crippen LogP contribution is 2.01. The molecular weight excluding hydrogens is 238 g/mol. The van der Waals surface area contributed by atoms with Gasteiger partial charge in [0.25, 0.3) is 0 Å². The number of alkyl carbamates (subject to hydrolysis) is 1. The minimum atomic E-state index is -1.39. The highest BCUT2D eigenvalue weighted by atomic mass is 16.6. The van der Waals surface area contributed by atoms with Gasteiger partial charge in [0.05, 0.1) is 0 Å². The average molecular weight is 253 g/mol. The van der Waals surface area contributed by atoms with Crippen LogP contribution in [0.5, 0.6) is 0 Å². The quantitative estimate of drug-likeness (QED) is 0.748. The van der Waals surface area contributed by atoms with Gasteiger partial charge in [-0.1, -0.05) is 30.3 Å². The molecule has 0 fully saturated rings. The van der Waals surface area contributed by atoms with Crippen LogP contribution in [0, 0.1) is 0 Å². The molecule has 1 rings (SSSR count). The summed E-state index contributed by atoms with van der Waals surface area (Å²) in [6.07, 6.45) is -2.22. The van der Waals surface area contributed by atoms with Crippen LogP contribution in [-0.2, 0) is 20.9 Å². The van der Waals surface area contributed by atoms with Crippen molar-refractivity contribution in [1.29, 1.82) is 0 Å². The molecule has 2 N–H and O–H groups in total. The van der Waals surface area contributed by atoms with Gasteiger partial charge in [-0.25, -0.2) is 9.59 Å². The number of amides is 1. The Kier molecular flexibility index (Phi) is 5.66. The maximum absolute atomic E-state index is 11.3. The predicted octanol–water partition coefficient (Wildman–Crippen LogP) is 1.36. The van der Waals surface area contributed by atoms with E-state index in [1.165, 1.54) is 0 Å². The number of carbonyl (C=O) groups excluding carboxylic acids is 1. The van der Waals surface area contributed by atoms with Gasteiger partial charge in [-0.2, -0.15) is 0 Å². The third kappa shape index (κ3) is 4.84. The molecule has 0 saturated heterocycles. The van der Waals surface area contributed by atoms with E-state index in [1.807, 2.05) is 18.2 Å². The minimum Gasteiger partial charge on any atom is -0.478 e. The molecule has 6 heteroatoms. The fourth-order valence-electron chi connectivity index (χ4n) is 1.21. The Morgan fingerprint density at radius 3 is 2.56 bits per heavy atom. The van der Waals surface area contributed by atoms with Gasteiger partial charge in [-0.05, 0) is 12.5 Å².